The minimum absolute atomic E-state index is 0.00235. The van der Waals surface area contributed by atoms with Gasteiger partial charge in [-0.15, -0.1) is 13.2 Å². The molecule has 2 aromatic rings. The number of piperidine rings is 1. The van der Waals surface area contributed by atoms with Crippen molar-refractivity contribution < 1.29 is 41.1 Å². The summed E-state index contributed by atoms with van der Waals surface area (Å²) in [5.41, 5.74) is 7.42. The van der Waals surface area contributed by atoms with Crippen LogP contribution in [0, 0.1) is 0 Å². The molecule has 0 spiro atoms. The molecule has 0 radical (unpaired) electrons. The van der Waals surface area contributed by atoms with E-state index in [2.05, 4.69) is 4.74 Å². The summed E-state index contributed by atoms with van der Waals surface area (Å²) in [4.78, 5) is 12.3. The number of carbonyl (C=O) groups is 1. The molecule has 1 saturated heterocycles. The SMILES string of the molecule is CN(C(=S)NO)N1CCC(C(N)=O)(S(=O)(=O)c2ccc(Oc3ccc(OC(F)(F)F)cc3)cc2)CC1. The minimum Gasteiger partial charge on any atom is -0.457 e. The van der Waals surface area contributed by atoms with E-state index in [4.69, 9.17) is 27.9 Å². The number of carbonyl (C=O) groups excluding carboxylic acids is 1. The predicted molar refractivity (Wildman–Crippen MR) is 125 cm³/mol. The van der Waals surface area contributed by atoms with Gasteiger partial charge >= 0.3 is 6.36 Å². The zero-order valence-corrected chi connectivity index (χ0v) is 20.5. The molecule has 0 aromatic heterocycles. The molecule has 10 nitrogen and oxygen atoms in total. The largest absolute Gasteiger partial charge is 0.573 e. The Bertz CT molecular complexity index is 1200. The van der Waals surface area contributed by atoms with Crippen LogP contribution in [0.3, 0.4) is 0 Å². The van der Waals surface area contributed by atoms with Gasteiger partial charge in [-0.05, 0) is 73.6 Å². The van der Waals surface area contributed by atoms with E-state index in [9.17, 15) is 26.4 Å². The highest BCUT2D eigenvalue weighted by Crippen LogP contribution is 2.37. The minimum atomic E-state index is -4.82. The number of sulfone groups is 1. The Morgan fingerprint density at radius 3 is 2.00 bits per heavy atom. The highest BCUT2D eigenvalue weighted by molar-refractivity contribution is 7.93. The normalized spacial score (nSPS) is 16.1. The number of hydrazine groups is 1. The van der Waals surface area contributed by atoms with Gasteiger partial charge in [-0.3, -0.25) is 15.0 Å². The van der Waals surface area contributed by atoms with E-state index >= 15 is 0 Å². The number of hydrogen-bond acceptors (Lipinski definition) is 8. The number of nitrogens with one attached hydrogen (secondary N) is 1. The Balaban J connectivity index is 1.75. The van der Waals surface area contributed by atoms with Crippen LogP contribution in [0.5, 0.6) is 17.2 Å². The summed E-state index contributed by atoms with van der Waals surface area (Å²) in [6.07, 6.45) is -5.02. The van der Waals surface area contributed by atoms with Gasteiger partial charge in [0.2, 0.25) is 11.0 Å². The highest BCUT2D eigenvalue weighted by atomic mass is 32.2. The molecule has 196 valence electrons. The number of benzene rings is 2. The van der Waals surface area contributed by atoms with E-state index in [0.29, 0.717) is 0 Å². The van der Waals surface area contributed by atoms with Gasteiger partial charge in [0.05, 0.1) is 4.90 Å². The van der Waals surface area contributed by atoms with Gasteiger partial charge in [-0.25, -0.2) is 18.9 Å². The van der Waals surface area contributed by atoms with E-state index in [0.717, 1.165) is 12.1 Å². The van der Waals surface area contributed by atoms with E-state index < -0.39 is 32.6 Å². The summed E-state index contributed by atoms with van der Waals surface area (Å²) < 4.78 is 71.3. The average Bonchev–Trinajstić information content (AvgIpc) is 2.83. The molecule has 0 unspecified atom stereocenters. The molecule has 36 heavy (non-hydrogen) atoms. The number of primary amides is 1. The number of ether oxygens (including phenoxy) is 2. The monoisotopic (exact) mass is 548 g/mol. The second-order valence-electron chi connectivity index (χ2n) is 7.85. The molecule has 1 amide bonds. The zero-order chi connectivity index (χ0) is 26.7. The number of hydrogen-bond donors (Lipinski definition) is 3. The number of halogens is 3. The summed E-state index contributed by atoms with van der Waals surface area (Å²) in [6.45, 7) is 0.269. The van der Waals surface area contributed by atoms with Crippen molar-refractivity contribution in [2.24, 2.45) is 5.73 Å². The number of amides is 1. The van der Waals surface area contributed by atoms with Gasteiger partial charge in [0.1, 0.15) is 17.2 Å². The Kier molecular flexibility index (Phi) is 7.97. The van der Waals surface area contributed by atoms with Crippen LogP contribution < -0.4 is 20.7 Å². The van der Waals surface area contributed by atoms with Crippen molar-refractivity contribution in [2.45, 2.75) is 28.8 Å². The zero-order valence-electron chi connectivity index (χ0n) is 18.9. The third kappa shape index (κ3) is 5.80. The van der Waals surface area contributed by atoms with Crippen LogP contribution in [-0.2, 0) is 14.6 Å². The maximum atomic E-state index is 13.5. The Morgan fingerprint density at radius 2 is 1.56 bits per heavy atom. The van der Waals surface area contributed by atoms with Gasteiger partial charge in [0, 0.05) is 20.1 Å². The topological polar surface area (TPSA) is 134 Å². The van der Waals surface area contributed by atoms with Crippen LogP contribution in [0.2, 0.25) is 0 Å². The van der Waals surface area contributed by atoms with Gasteiger partial charge in [0.15, 0.2) is 14.6 Å². The van der Waals surface area contributed by atoms with E-state index in [1.54, 1.807) is 12.1 Å². The van der Waals surface area contributed by atoms with E-state index in [-0.39, 0.29) is 47.4 Å². The summed E-state index contributed by atoms with van der Waals surface area (Å²) in [5, 5.41) is 12.1. The fourth-order valence-corrected chi connectivity index (χ4v) is 5.81. The van der Waals surface area contributed by atoms with Crippen LogP contribution in [0.15, 0.2) is 53.4 Å². The molecule has 3 rings (SSSR count). The van der Waals surface area contributed by atoms with Gasteiger partial charge < -0.3 is 15.2 Å². The van der Waals surface area contributed by atoms with Crippen molar-refractivity contribution >= 4 is 33.1 Å². The first-order valence-corrected chi connectivity index (χ1v) is 12.3. The molecule has 15 heteroatoms. The van der Waals surface area contributed by atoms with E-state index in [1.165, 1.54) is 41.4 Å². The van der Waals surface area contributed by atoms with Gasteiger partial charge in [-0.1, -0.05) is 0 Å². The maximum absolute atomic E-state index is 13.5. The molecule has 2 aromatic carbocycles. The first kappa shape index (κ1) is 27.4. The van der Waals surface area contributed by atoms with Crippen LogP contribution in [-0.4, -0.2) is 65.9 Å². The quantitative estimate of drug-likeness (QED) is 0.350. The van der Waals surface area contributed by atoms with E-state index in [1.807, 2.05) is 5.48 Å². The fraction of sp³-hybridized carbons (Fsp3) is 0.333. The van der Waals surface area contributed by atoms with Crippen LogP contribution in [0.4, 0.5) is 13.2 Å². The molecule has 0 saturated carbocycles. The van der Waals surface area contributed by atoms with Crippen molar-refractivity contribution in [3.05, 3.63) is 48.5 Å². The first-order valence-electron chi connectivity index (χ1n) is 10.4. The van der Waals surface area contributed by atoms with Crippen molar-refractivity contribution in [3.63, 3.8) is 0 Å². The molecule has 4 N–H and O–H groups in total. The summed E-state index contributed by atoms with van der Waals surface area (Å²) in [7, 11) is -2.63. The van der Waals surface area contributed by atoms with Crippen molar-refractivity contribution in [3.8, 4) is 17.2 Å². The number of nitrogens with two attached hydrogens (primary N) is 1. The molecule has 1 aliphatic rings. The van der Waals surface area contributed by atoms with Gasteiger partial charge in [0.25, 0.3) is 0 Å². The number of thiocarbonyl (C=S) groups is 1. The second kappa shape index (κ2) is 10.5. The fourth-order valence-electron chi connectivity index (χ4n) is 3.76. The Labute approximate surface area is 210 Å². The predicted octanol–water partition coefficient (Wildman–Crippen LogP) is 2.58. The molecule has 0 atom stereocenters. The Morgan fingerprint density at radius 1 is 1.08 bits per heavy atom. The van der Waals surface area contributed by atoms with Crippen LogP contribution in [0.25, 0.3) is 0 Å². The molecule has 1 fully saturated rings. The smallest absolute Gasteiger partial charge is 0.457 e. The van der Waals surface area contributed by atoms with Crippen LogP contribution >= 0.6 is 12.2 Å². The molecule has 0 bridgehead atoms. The summed E-state index contributed by atoms with van der Waals surface area (Å²) in [6, 6.07) is 9.91. The highest BCUT2D eigenvalue weighted by Gasteiger charge is 2.52. The van der Waals surface area contributed by atoms with Crippen molar-refractivity contribution in [1.29, 1.82) is 0 Å². The Hall–Kier alpha value is -3.14. The van der Waals surface area contributed by atoms with Gasteiger partial charge in [-0.2, -0.15) is 0 Å². The lowest BCUT2D eigenvalue weighted by Gasteiger charge is -2.42. The lowest BCUT2D eigenvalue weighted by atomic mass is 9.96. The third-order valence-corrected chi connectivity index (χ3v) is 8.64. The molecular formula is C21H23F3N4O6S2. The first-order chi connectivity index (χ1) is 16.8. The lowest BCUT2D eigenvalue weighted by Crippen LogP contribution is -2.60. The number of hydroxylamine groups is 1. The number of alkyl halides is 3. The van der Waals surface area contributed by atoms with Crippen LogP contribution in [0.1, 0.15) is 12.8 Å². The number of rotatable bonds is 7. The molecule has 1 heterocycles. The second-order valence-corrected chi connectivity index (χ2v) is 10.5. The molecule has 0 aliphatic carbocycles. The summed E-state index contributed by atoms with van der Waals surface area (Å²) >= 11 is 4.95. The number of nitrogens with zero attached hydrogens (tertiary/aromatic N) is 2. The third-order valence-electron chi connectivity index (χ3n) is 5.75. The van der Waals surface area contributed by atoms with Crippen molar-refractivity contribution in [1.82, 2.24) is 15.5 Å². The molecule has 1 aliphatic heterocycles. The standard InChI is InChI=1S/C21H23F3N4O6S2/c1-27(19(35)26-30)28-12-10-20(11-13-28,18(25)29)36(31,32)17-8-6-15(7-9-17)33-14-2-4-16(5-3-14)34-21(22,23)24/h2-9,30H,10-13H2,1H3,(H2,25,29)(H,26,35). The molecular weight excluding hydrogens is 525 g/mol. The average molecular weight is 549 g/mol. The summed E-state index contributed by atoms with van der Waals surface area (Å²) in [5.74, 6) is -0.984. The lowest BCUT2D eigenvalue weighted by molar-refractivity contribution is -0.274. The van der Waals surface area contributed by atoms with Crippen molar-refractivity contribution in [2.75, 3.05) is 20.1 Å². The maximum Gasteiger partial charge on any atom is 0.573 e.